The summed E-state index contributed by atoms with van der Waals surface area (Å²) in [7, 11) is 0. The minimum atomic E-state index is 0.586. The van der Waals surface area contributed by atoms with Crippen molar-refractivity contribution in [1.29, 1.82) is 0 Å². The fraction of sp³-hybridized carbons (Fsp3) is 0.286. The van der Waals surface area contributed by atoms with Crippen LogP contribution in [0.3, 0.4) is 0 Å². The second-order valence-electron chi connectivity index (χ2n) is 2.10. The molecule has 11 heavy (non-hydrogen) atoms. The van der Waals surface area contributed by atoms with Crippen LogP contribution in [0.4, 0.5) is 0 Å². The van der Waals surface area contributed by atoms with Crippen LogP contribution in [-0.4, -0.2) is 11.7 Å². The minimum Gasteiger partial charge on any atom is -0.360 e. The van der Waals surface area contributed by atoms with E-state index >= 15 is 0 Å². The van der Waals surface area contributed by atoms with Crippen molar-refractivity contribution in [3.63, 3.8) is 0 Å². The molecule has 0 unspecified atom stereocenters. The van der Waals surface area contributed by atoms with Crippen LogP contribution in [0.1, 0.15) is 5.76 Å². The molecule has 0 bridgehead atoms. The summed E-state index contributed by atoms with van der Waals surface area (Å²) in [6.45, 7) is 4.75. The van der Waals surface area contributed by atoms with E-state index in [1.807, 2.05) is 0 Å². The van der Waals surface area contributed by atoms with Gasteiger partial charge in [-0.2, -0.15) is 0 Å². The number of hydrogen-bond donors (Lipinski definition) is 1. The SMILES string of the molecule is C=C(Cl)CNCc1ccno1. The molecule has 1 rings (SSSR count). The summed E-state index contributed by atoms with van der Waals surface area (Å²) >= 11 is 5.51. The Morgan fingerprint density at radius 2 is 2.64 bits per heavy atom. The number of nitrogens with zero attached hydrogens (tertiary/aromatic N) is 1. The Balaban J connectivity index is 2.19. The molecule has 0 aliphatic rings. The van der Waals surface area contributed by atoms with Crippen molar-refractivity contribution in [3.8, 4) is 0 Å². The van der Waals surface area contributed by atoms with E-state index in [9.17, 15) is 0 Å². The Bertz CT molecular complexity index is 220. The molecule has 0 aromatic carbocycles. The van der Waals surface area contributed by atoms with Gasteiger partial charge < -0.3 is 9.84 Å². The third-order valence-electron chi connectivity index (χ3n) is 1.11. The Hall–Kier alpha value is -0.800. The van der Waals surface area contributed by atoms with Crippen molar-refractivity contribution < 1.29 is 4.52 Å². The van der Waals surface area contributed by atoms with Gasteiger partial charge in [0, 0.05) is 17.6 Å². The third kappa shape index (κ3) is 3.20. The van der Waals surface area contributed by atoms with Crippen LogP contribution >= 0.6 is 11.6 Å². The first kappa shape index (κ1) is 8.30. The Kier molecular flexibility index (Phi) is 3.14. The lowest BCUT2D eigenvalue weighted by atomic mass is 10.4. The standard InChI is InChI=1S/C7H9ClN2O/c1-6(8)4-9-5-7-2-3-10-11-7/h2-3,9H,1,4-5H2. The number of rotatable bonds is 4. The Morgan fingerprint density at radius 3 is 3.18 bits per heavy atom. The van der Waals surface area contributed by atoms with Crippen molar-refractivity contribution in [3.05, 3.63) is 29.6 Å². The first-order valence-electron chi connectivity index (χ1n) is 3.22. The number of hydrogen-bond acceptors (Lipinski definition) is 3. The molecule has 0 spiro atoms. The van der Waals surface area contributed by atoms with E-state index in [4.69, 9.17) is 16.1 Å². The van der Waals surface area contributed by atoms with E-state index in [-0.39, 0.29) is 0 Å². The van der Waals surface area contributed by atoms with Crippen LogP contribution in [0.5, 0.6) is 0 Å². The molecule has 4 heteroatoms. The largest absolute Gasteiger partial charge is 0.360 e. The van der Waals surface area contributed by atoms with E-state index < -0.39 is 0 Å². The predicted molar refractivity (Wildman–Crippen MR) is 43.2 cm³/mol. The predicted octanol–water partition coefficient (Wildman–Crippen LogP) is 1.52. The smallest absolute Gasteiger partial charge is 0.150 e. The summed E-state index contributed by atoms with van der Waals surface area (Å²) in [6, 6.07) is 1.80. The van der Waals surface area contributed by atoms with Crippen LogP contribution in [0.15, 0.2) is 28.4 Å². The molecule has 1 heterocycles. The molecule has 1 N–H and O–H groups in total. The fourth-order valence-corrected chi connectivity index (χ4v) is 0.749. The van der Waals surface area contributed by atoms with E-state index in [2.05, 4.69) is 17.1 Å². The molecule has 0 saturated heterocycles. The first-order chi connectivity index (χ1) is 5.29. The second-order valence-corrected chi connectivity index (χ2v) is 2.63. The highest BCUT2D eigenvalue weighted by Crippen LogP contribution is 1.97. The van der Waals surface area contributed by atoms with Gasteiger partial charge in [-0.3, -0.25) is 0 Å². The van der Waals surface area contributed by atoms with E-state index in [1.54, 1.807) is 12.3 Å². The summed E-state index contributed by atoms with van der Waals surface area (Å²) in [4.78, 5) is 0. The molecule has 0 atom stereocenters. The first-order valence-corrected chi connectivity index (χ1v) is 3.60. The van der Waals surface area contributed by atoms with Crippen molar-refractivity contribution in [2.45, 2.75) is 6.54 Å². The number of aromatic nitrogens is 1. The van der Waals surface area contributed by atoms with Crippen molar-refractivity contribution in [2.24, 2.45) is 0 Å². The topological polar surface area (TPSA) is 38.1 Å². The molecule has 0 saturated carbocycles. The van der Waals surface area contributed by atoms with Gasteiger partial charge in [-0.25, -0.2) is 0 Å². The van der Waals surface area contributed by atoms with Gasteiger partial charge in [0.15, 0.2) is 0 Å². The molecular formula is C7H9ClN2O. The van der Waals surface area contributed by atoms with Gasteiger partial charge in [-0.05, 0) is 0 Å². The normalized spacial score (nSPS) is 9.91. The van der Waals surface area contributed by atoms with Crippen LogP contribution < -0.4 is 5.32 Å². The van der Waals surface area contributed by atoms with Crippen molar-refractivity contribution >= 4 is 11.6 Å². The lowest BCUT2D eigenvalue weighted by molar-refractivity contribution is 0.375. The maximum Gasteiger partial charge on any atom is 0.150 e. The van der Waals surface area contributed by atoms with Gasteiger partial charge >= 0.3 is 0 Å². The number of nitrogens with one attached hydrogen (secondary N) is 1. The maximum absolute atomic E-state index is 5.51. The van der Waals surface area contributed by atoms with Gasteiger partial charge in [0.1, 0.15) is 5.76 Å². The monoisotopic (exact) mass is 172 g/mol. The van der Waals surface area contributed by atoms with Gasteiger partial charge in [-0.15, -0.1) is 0 Å². The van der Waals surface area contributed by atoms with E-state index in [0.29, 0.717) is 18.1 Å². The van der Waals surface area contributed by atoms with Crippen molar-refractivity contribution in [1.82, 2.24) is 10.5 Å². The average molecular weight is 173 g/mol. The molecule has 3 nitrogen and oxygen atoms in total. The lowest BCUT2D eigenvalue weighted by Gasteiger charge is -1.97. The van der Waals surface area contributed by atoms with Crippen LogP contribution in [0, 0.1) is 0 Å². The van der Waals surface area contributed by atoms with Gasteiger partial charge in [0.05, 0.1) is 12.7 Å². The zero-order chi connectivity index (χ0) is 8.10. The number of halogens is 1. The minimum absolute atomic E-state index is 0.586. The quantitative estimate of drug-likeness (QED) is 0.749. The van der Waals surface area contributed by atoms with Crippen LogP contribution in [-0.2, 0) is 6.54 Å². The fourth-order valence-electron chi connectivity index (χ4n) is 0.655. The summed E-state index contributed by atoms with van der Waals surface area (Å²) in [5.41, 5.74) is 0. The summed E-state index contributed by atoms with van der Waals surface area (Å²) in [6.07, 6.45) is 1.60. The zero-order valence-corrected chi connectivity index (χ0v) is 6.77. The zero-order valence-electron chi connectivity index (χ0n) is 6.01. The average Bonchev–Trinajstić information content (AvgIpc) is 2.39. The Labute approximate surface area is 70.0 Å². The Morgan fingerprint density at radius 1 is 1.82 bits per heavy atom. The van der Waals surface area contributed by atoms with E-state index in [1.165, 1.54) is 0 Å². The van der Waals surface area contributed by atoms with Gasteiger partial charge in [0.2, 0.25) is 0 Å². The molecule has 0 aliphatic heterocycles. The maximum atomic E-state index is 5.51. The summed E-state index contributed by atoms with van der Waals surface area (Å²) < 4.78 is 4.83. The summed E-state index contributed by atoms with van der Waals surface area (Å²) in [5.74, 6) is 0.794. The van der Waals surface area contributed by atoms with Crippen LogP contribution in [0.25, 0.3) is 0 Å². The third-order valence-corrected chi connectivity index (χ3v) is 1.24. The lowest BCUT2D eigenvalue weighted by Crippen LogP contribution is -2.13. The highest BCUT2D eigenvalue weighted by atomic mass is 35.5. The molecular weight excluding hydrogens is 164 g/mol. The molecule has 0 amide bonds. The molecule has 0 fully saturated rings. The van der Waals surface area contributed by atoms with Crippen molar-refractivity contribution in [2.75, 3.05) is 6.54 Å². The van der Waals surface area contributed by atoms with Gasteiger partial charge in [-0.1, -0.05) is 23.3 Å². The molecule has 1 aromatic heterocycles. The summed E-state index contributed by atoms with van der Waals surface area (Å²) in [5, 5.41) is 7.16. The molecule has 60 valence electrons. The molecule has 1 aromatic rings. The highest BCUT2D eigenvalue weighted by molar-refractivity contribution is 6.29. The highest BCUT2D eigenvalue weighted by Gasteiger charge is 1.94. The second kappa shape index (κ2) is 4.16. The van der Waals surface area contributed by atoms with Gasteiger partial charge in [0.25, 0.3) is 0 Å². The molecule has 0 radical (unpaired) electrons. The van der Waals surface area contributed by atoms with Crippen LogP contribution in [0.2, 0.25) is 0 Å². The molecule has 0 aliphatic carbocycles. The van der Waals surface area contributed by atoms with E-state index in [0.717, 1.165) is 5.76 Å².